The van der Waals surface area contributed by atoms with Crippen LogP contribution in [-0.2, 0) is 9.09 Å². The van der Waals surface area contributed by atoms with Crippen molar-refractivity contribution < 1.29 is 18.9 Å². The molecule has 0 aliphatic rings. The monoisotopic (exact) mass is 386 g/mol. The van der Waals surface area contributed by atoms with Crippen LogP contribution < -0.4 is 9.79 Å². The fourth-order valence-electron chi connectivity index (χ4n) is 2.64. The van der Waals surface area contributed by atoms with Gasteiger partial charge in [0.05, 0.1) is 6.26 Å². The van der Waals surface area contributed by atoms with Gasteiger partial charge in [-0.25, -0.2) is 0 Å². The molecule has 0 rings (SSSR count). The molecule has 0 aliphatic heterocycles. The first kappa shape index (κ1) is 27.2. The maximum atomic E-state index is 10.2. The van der Waals surface area contributed by atoms with Crippen molar-refractivity contribution in [3.05, 3.63) is 12.3 Å². The molecule has 4 nitrogen and oxygen atoms in total. The quantitative estimate of drug-likeness (QED) is 0.155. The molecule has 0 unspecified atom stereocenters. The van der Waals surface area contributed by atoms with Crippen molar-refractivity contribution in [2.75, 3.05) is 0 Å². The molecule has 0 spiro atoms. The molecule has 0 saturated carbocycles. The van der Waals surface area contributed by atoms with Crippen LogP contribution in [0.2, 0.25) is 0 Å². The standard InChI is InChI=1S/C18H37O4P.Ca/c1-2-3-4-5-6-7-8-9-10-11-12-13-14-15-16-17-18-22-23(19,20)21;/h17-18H,2-16H2,1H3,(H2,19,20,21);/q;+2/p-2. The number of phosphoric ester groups is 1. The Kier molecular flexibility index (Phi) is 22.9. The Hall–Kier alpha value is 0.950. The normalized spacial score (nSPS) is 11.6. The van der Waals surface area contributed by atoms with Gasteiger partial charge in [0.2, 0.25) is 0 Å². The van der Waals surface area contributed by atoms with Crippen molar-refractivity contribution in [2.45, 2.75) is 103 Å². The molecule has 0 saturated heterocycles. The van der Waals surface area contributed by atoms with Gasteiger partial charge in [-0.3, -0.25) is 0 Å². The molecule has 138 valence electrons. The maximum absolute atomic E-state index is 10.2. The van der Waals surface area contributed by atoms with Gasteiger partial charge in [0.15, 0.2) is 0 Å². The van der Waals surface area contributed by atoms with E-state index >= 15 is 0 Å². The van der Waals surface area contributed by atoms with Crippen LogP contribution in [0.4, 0.5) is 0 Å². The second-order valence-corrected chi connectivity index (χ2v) is 7.41. The Balaban J connectivity index is 0. The summed E-state index contributed by atoms with van der Waals surface area (Å²) in [5.41, 5.74) is 0. The van der Waals surface area contributed by atoms with Crippen LogP contribution in [0.3, 0.4) is 0 Å². The number of phosphoric acid groups is 1. The second kappa shape index (κ2) is 20.3. The Morgan fingerprint density at radius 3 is 1.50 bits per heavy atom. The summed E-state index contributed by atoms with van der Waals surface area (Å²) in [6.07, 6.45) is 21.8. The molecule has 0 bridgehead atoms. The number of rotatable bonds is 17. The van der Waals surface area contributed by atoms with E-state index in [4.69, 9.17) is 0 Å². The van der Waals surface area contributed by atoms with E-state index in [2.05, 4.69) is 11.4 Å². The average Bonchev–Trinajstić information content (AvgIpc) is 2.49. The topological polar surface area (TPSA) is 72.4 Å². The predicted octanol–water partition coefficient (Wildman–Crippen LogP) is 4.84. The minimum Gasteiger partial charge on any atom is -0.780 e. The first-order valence-corrected chi connectivity index (χ1v) is 10.9. The van der Waals surface area contributed by atoms with E-state index in [0.29, 0.717) is 0 Å². The second-order valence-electron chi connectivity index (χ2n) is 6.31. The van der Waals surface area contributed by atoms with Gasteiger partial charge in [0, 0.05) is 0 Å². The molecule has 0 aromatic heterocycles. The first-order valence-electron chi connectivity index (χ1n) is 9.41. The van der Waals surface area contributed by atoms with Gasteiger partial charge in [-0.05, 0) is 18.9 Å². The third kappa shape index (κ3) is 25.2. The Bertz CT molecular complexity index is 318. The molecule has 0 heterocycles. The van der Waals surface area contributed by atoms with Crippen LogP contribution in [0.15, 0.2) is 12.3 Å². The molecule has 0 aromatic rings. The van der Waals surface area contributed by atoms with Crippen LogP contribution in [0.25, 0.3) is 0 Å². The predicted molar refractivity (Wildman–Crippen MR) is 98.5 cm³/mol. The average molecular weight is 387 g/mol. The summed E-state index contributed by atoms with van der Waals surface area (Å²) in [7, 11) is -4.84. The number of allylic oxidation sites excluding steroid dienone is 1. The summed E-state index contributed by atoms with van der Waals surface area (Å²) in [5, 5.41) is 0. The summed E-state index contributed by atoms with van der Waals surface area (Å²) in [4.78, 5) is 20.4. The van der Waals surface area contributed by atoms with Crippen molar-refractivity contribution in [3.63, 3.8) is 0 Å². The minimum atomic E-state index is -4.84. The molecular formula is C18H35CaO4P. The van der Waals surface area contributed by atoms with E-state index in [1.54, 1.807) is 6.08 Å². The summed E-state index contributed by atoms with van der Waals surface area (Å²) < 4.78 is 14.2. The summed E-state index contributed by atoms with van der Waals surface area (Å²) in [6.45, 7) is 2.26. The van der Waals surface area contributed by atoms with Gasteiger partial charge in [-0.15, -0.1) is 0 Å². The number of hydrogen-bond donors (Lipinski definition) is 0. The van der Waals surface area contributed by atoms with E-state index in [-0.39, 0.29) is 37.7 Å². The number of hydrogen-bond acceptors (Lipinski definition) is 4. The van der Waals surface area contributed by atoms with Crippen molar-refractivity contribution in [1.82, 2.24) is 0 Å². The van der Waals surface area contributed by atoms with Crippen LogP contribution in [-0.4, -0.2) is 37.7 Å². The van der Waals surface area contributed by atoms with Crippen molar-refractivity contribution >= 4 is 45.6 Å². The molecule has 0 amide bonds. The SMILES string of the molecule is CCCCCCCCCCCCCCCCC=COP(=O)([O-])[O-].[Ca+2]. The van der Waals surface area contributed by atoms with Gasteiger partial charge < -0.3 is 18.9 Å². The Labute approximate surface area is 179 Å². The Morgan fingerprint density at radius 2 is 1.12 bits per heavy atom. The van der Waals surface area contributed by atoms with Crippen molar-refractivity contribution in [3.8, 4) is 0 Å². The van der Waals surface area contributed by atoms with Gasteiger partial charge >= 0.3 is 37.7 Å². The third-order valence-corrected chi connectivity index (χ3v) is 4.39. The number of unbranched alkanes of at least 4 members (excludes halogenated alkanes) is 14. The van der Waals surface area contributed by atoms with Gasteiger partial charge in [0.25, 0.3) is 0 Å². The van der Waals surface area contributed by atoms with Crippen molar-refractivity contribution in [1.29, 1.82) is 0 Å². The largest absolute Gasteiger partial charge is 2.00 e. The van der Waals surface area contributed by atoms with Gasteiger partial charge in [-0.2, -0.15) is 0 Å². The third-order valence-electron chi connectivity index (χ3n) is 4.01. The first-order chi connectivity index (χ1) is 11.1. The van der Waals surface area contributed by atoms with Crippen LogP contribution in [0.1, 0.15) is 103 Å². The van der Waals surface area contributed by atoms with Crippen LogP contribution >= 0.6 is 7.82 Å². The summed E-state index contributed by atoms with van der Waals surface area (Å²) >= 11 is 0. The van der Waals surface area contributed by atoms with Crippen LogP contribution in [0.5, 0.6) is 0 Å². The molecule has 24 heavy (non-hydrogen) atoms. The molecule has 0 atom stereocenters. The van der Waals surface area contributed by atoms with E-state index in [9.17, 15) is 14.4 Å². The molecule has 6 heteroatoms. The van der Waals surface area contributed by atoms with Crippen molar-refractivity contribution in [2.24, 2.45) is 0 Å². The minimum absolute atomic E-state index is 0. The fraction of sp³-hybridized carbons (Fsp3) is 0.889. The fourth-order valence-corrected chi connectivity index (χ4v) is 2.88. The van der Waals surface area contributed by atoms with Gasteiger partial charge in [-0.1, -0.05) is 90.4 Å². The molecule has 0 radical (unpaired) electrons. The van der Waals surface area contributed by atoms with E-state index in [1.807, 2.05) is 0 Å². The summed E-state index contributed by atoms with van der Waals surface area (Å²) in [5.74, 6) is 0. The van der Waals surface area contributed by atoms with E-state index in [0.717, 1.165) is 25.5 Å². The maximum Gasteiger partial charge on any atom is 2.00 e. The van der Waals surface area contributed by atoms with Gasteiger partial charge in [0.1, 0.15) is 7.82 Å². The van der Waals surface area contributed by atoms with E-state index in [1.165, 1.54) is 77.0 Å². The zero-order chi connectivity index (χ0) is 17.2. The zero-order valence-electron chi connectivity index (χ0n) is 15.5. The molecule has 0 aromatic carbocycles. The molecular weight excluding hydrogens is 351 g/mol. The molecule has 0 aliphatic carbocycles. The van der Waals surface area contributed by atoms with E-state index < -0.39 is 7.82 Å². The molecule has 0 fully saturated rings. The smallest absolute Gasteiger partial charge is 0.780 e. The van der Waals surface area contributed by atoms with Crippen LogP contribution in [0, 0.1) is 0 Å². The zero-order valence-corrected chi connectivity index (χ0v) is 18.7. The molecule has 0 N–H and O–H groups in total. The summed E-state index contributed by atoms with van der Waals surface area (Å²) in [6, 6.07) is 0. The Morgan fingerprint density at radius 1 is 0.750 bits per heavy atom.